The molecular weight excluding hydrogens is 284 g/mol. The summed E-state index contributed by atoms with van der Waals surface area (Å²) in [5, 5.41) is 1.28. The van der Waals surface area contributed by atoms with E-state index in [-0.39, 0.29) is 0 Å². The first kappa shape index (κ1) is 16.4. The third kappa shape index (κ3) is 3.89. The molecule has 1 fully saturated rings. The molecule has 1 aliphatic heterocycles. The maximum Gasteiger partial charge on any atom is 0.143 e. The number of nitrogens with zero attached hydrogens (tertiary/aromatic N) is 1. The number of hydrogen-bond acceptors (Lipinski definition) is 2. The Labute approximate surface area is 140 Å². The molecular formula is C20H30N2O. The van der Waals surface area contributed by atoms with Gasteiger partial charge in [0, 0.05) is 17.0 Å². The second-order valence-corrected chi connectivity index (χ2v) is 6.76. The van der Waals surface area contributed by atoms with Gasteiger partial charge < -0.3 is 14.6 Å². The first-order chi connectivity index (χ1) is 11.3. The van der Waals surface area contributed by atoms with Crippen molar-refractivity contribution >= 4 is 10.9 Å². The molecule has 1 saturated heterocycles. The van der Waals surface area contributed by atoms with E-state index in [1.165, 1.54) is 61.9 Å². The average molecular weight is 314 g/mol. The second kappa shape index (κ2) is 7.87. The first-order valence-corrected chi connectivity index (χ1v) is 9.28. The van der Waals surface area contributed by atoms with Crippen LogP contribution in [0.5, 0.6) is 5.75 Å². The van der Waals surface area contributed by atoms with Gasteiger partial charge in [0.25, 0.3) is 0 Å². The Balaban J connectivity index is 1.69. The summed E-state index contributed by atoms with van der Waals surface area (Å²) in [4.78, 5) is 6.28. The zero-order chi connectivity index (χ0) is 16.1. The molecule has 0 amide bonds. The van der Waals surface area contributed by atoms with Crippen LogP contribution in [0.3, 0.4) is 0 Å². The van der Waals surface area contributed by atoms with Gasteiger partial charge in [-0.05, 0) is 57.5 Å². The Bertz CT molecular complexity index is 611. The molecule has 2 aromatic rings. The van der Waals surface area contributed by atoms with Crippen molar-refractivity contribution in [3.8, 4) is 5.75 Å². The smallest absolute Gasteiger partial charge is 0.143 e. The Kier molecular flexibility index (Phi) is 5.60. The first-order valence-electron chi connectivity index (χ1n) is 9.28. The summed E-state index contributed by atoms with van der Waals surface area (Å²) in [5.74, 6) is 1.66. The Morgan fingerprint density at radius 1 is 1.17 bits per heavy atom. The summed E-state index contributed by atoms with van der Waals surface area (Å²) >= 11 is 0. The molecule has 23 heavy (non-hydrogen) atoms. The fourth-order valence-electron chi connectivity index (χ4n) is 3.55. The summed E-state index contributed by atoms with van der Waals surface area (Å²) in [6, 6.07) is 8.69. The van der Waals surface area contributed by atoms with Crippen molar-refractivity contribution in [2.75, 3.05) is 26.2 Å². The number of piperidine rings is 1. The second-order valence-electron chi connectivity index (χ2n) is 6.76. The molecule has 0 bridgehead atoms. The van der Waals surface area contributed by atoms with Crippen LogP contribution in [0.25, 0.3) is 10.9 Å². The molecule has 0 atom stereocenters. The molecule has 1 N–H and O–H groups in total. The zero-order valence-corrected chi connectivity index (χ0v) is 14.6. The van der Waals surface area contributed by atoms with Crippen molar-refractivity contribution < 1.29 is 4.74 Å². The van der Waals surface area contributed by atoms with Gasteiger partial charge in [-0.25, -0.2) is 0 Å². The van der Waals surface area contributed by atoms with E-state index >= 15 is 0 Å². The molecule has 1 aromatic heterocycles. The number of nitrogens with one attached hydrogen (secondary N) is 1. The van der Waals surface area contributed by atoms with E-state index in [1.54, 1.807) is 0 Å². The maximum atomic E-state index is 5.89. The summed E-state index contributed by atoms with van der Waals surface area (Å²) in [6.07, 6.45) is 6.20. The molecule has 0 radical (unpaired) electrons. The zero-order valence-electron chi connectivity index (χ0n) is 14.6. The lowest BCUT2D eigenvalue weighted by Crippen LogP contribution is -2.33. The van der Waals surface area contributed by atoms with Gasteiger partial charge in [-0.3, -0.25) is 0 Å². The number of ether oxygens (including phenoxy) is 1. The number of benzene rings is 1. The summed E-state index contributed by atoms with van der Waals surface area (Å²) in [6.45, 7) is 8.94. The van der Waals surface area contributed by atoms with Gasteiger partial charge in [-0.2, -0.15) is 0 Å². The SMILES string of the molecule is CCCCN1CCC(c2cc3cccc(OCCC)c3[nH]2)CC1. The highest BCUT2D eigenvalue weighted by molar-refractivity contribution is 5.86. The molecule has 1 aliphatic rings. The van der Waals surface area contributed by atoms with E-state index in [0.29, 0.717) is 5.92 Å². The van der Waals surface area contributed by atoms with Crippen LogP contribution in [0.1, 0.15) is 57.6 Å². The van der Waals surface area contributed by atoms with Crippen molar-refractivity contribution in [1.82, 2.24) is 9.88 Å². The minimum Gasteiger partial charge on any atom is -0.491 e. The van der Waals surface area contributed by atoms with E-state index in [0.717, 1.165) is 18.8 Å². The average Bonchev–Trinajstić information content (AvgIpc) is 3.03. The molecule has 0 aliphatic carbocycles. The van der Waals surface area contributed by atoms with Gasteiger partial charge >= 0.3 is 0 Å². The topological polar surface area (TPSA) is 28.3 Å². The summed E-state index contributed by atoms with van der Waals surface area (Å²) < 4.78 is 5.89. The predicted octanol–water partition coefficient (Wildman–Crippen LogP) is 4.94. The fraction of sp³-hybridized carbons (Fsp3) is 0.600. The van der Waals surface area contributed by atoms with Crippen molar-refractivity contribution in [1.29, 1.82) is 0 Å². The number of likely N-dealkylation sites (tertiary alicyclic amines) is 1. The van der Waals surface area contributed by atoms with Crippen LogP contribution in [0, 0.1) is 0 Å². The highest BCUT2D eigenvalue weighted by Crippen LogP contribution is 2.33. The molecule has 126 valence electrons. The fourth-order valence-corrected chi connectivity index (χ4v) is 3.55. The normalized spacial score (nSPS) is 17.0. The van der Waals surface area contributed by atoms with Crippen LogP contribution in [0.15, 0.2) is 24.3 Å². The van der Waals surface area contributed by atoms with Crippen molar-refractivity contribution in [3.05, 3.63) is 30.0 Å². The van der Waals surface area contributed by atoms with Gasteiger partial charge in [0.05, 0.1) is 12.1 Å². The van der Waals surface area contributed by atoms with Crippen molar-refractivity contribution in [3.63, 3.8) is 0 Å². The molecule has 3 rings (SSSR count). The Morgan fingerprint density at radius 2 is 2.00 bits per heavy atom. The van der Waals surface area contributed by atoms with E-state index < -0.39 is 0 Å². The molecule has 0 unspecified atom stereocenters. The van der Waals surface area contributed by atoms with E-state index in [2.05, 4.69) is 48.0 Å². The largest absolute Gasteiger partial charge is 0.491 e. The monoisotopic (exact) mass is 314 g/mol. The Morgan fingerprint density at radius 3 is 2.74 bits per heavy atom. The predicted molar refractivity (Wildman–Crippen MR) is 97.4 cm³/mol. The van der Waals surface area contributed by atoms with Crippen LogP contribution < -0.4 is 4.74 Å². The van der Waals surface area contributed by atoms with Crippen LogP contribution in [0.4, 0.5) is 0 Å². The number of hydrogen-bond donors (Lipinski definition) is 1. The van der Waals surface area contributed by atoms with Crippen LogP contribution in [-0.2, 0) is 0 Å². The van der Waals surface area contributed by atoms with Crippen LogP contribution in [-0.4, -0.2) is 36.1 Å². The van der Waals surface area contributed by atoms with Gasteiger partial charge in [0.1, 0.15) is 5.75 Å². The molecule has 0 saturated carbocycles. The number of H-pyrrole nitrogens is 1. The lowest BCUT2D eigenvalue weighted by Gasteiger charge is -2.31. The van der Waals surface area contributed by atoms with Crippen molar-refractivity contribution in [2.45, 2.75) is 51.9 Å². The van der Waals surface area contributed by atoms with Gasteiger partial charge in [0.15, 0.2) is 0 Å². The maximum absolute atomic E-state index is 5.89. The molecule has 0 spiro atoms. The lowest BCUT2D eigenvalue weighted by molar-refractivity contribution is 0.208. The number of rotatable bonds is 7. The third-order valence-corrected chi connectivity index (χ3v) is 4.96. The minimum absolute atomic E-state index is 0.666. The minimum atomic E-state index is 0.666. The summed E-state index contributed by atoms with van der Waals surface area (Å²) in [7, 11) is 0. The number of aromatic amines is 1. The van der Waals surface area contributed by atoms with Crippen LogP contribution in [0.2, 0.25) is 0 Å². The quantitative estimate of drug-likeness (QED) is 0.784. The van der Waals surface area contributed by atoms with E-state index in [4.69, 9.17) is 4.74 Å². The summed E-state index contributed by atoms with van der Waals surface area (Å²) in [5.41, 5.74) is 2.56. The number of aromatic nitrogens is 1. The lowest BCUT2D eigenvalue weighted by atomic mass is 9.93. The van der Waals surface area contributed by atoms with Crippen molar-refractivity contribution in [2.24, 2.45) is 0 Å². The van der Waals surface area contributed by atoms with Crippen LogP contribution >= 0.6 is 0 Å². The van der Waals surface area contributed by atoms with E-state index in [9.17, 15) is 0 Å². The third-order valence-electron chi connectivity index (χ3n) is 4.96. The molecule has 3 heteroatoms. The van der Waals surface area contributed by atoms with Gasteiger partial charge in [0.2, 0.25) is 0 Å². The molecule has 2 heterocycles. The number of unbranched alkanes of at least 4 members (excludes halogenated alkanes) is 1. The molecule has 1 aromatic carbocycles. The standard InChI is InChI=1S/C20H30N2O/c1-3-5-11-22-12-9-16(10-13-22)18-15-17-7-6-8-19(20(17)21-18)23-14-4-2/h6-8,15-16,21H,3-5,9-14H2,1-2H3. The van der Waals surface area contributed by atoms with E-state index in [1.807, 2.05) is 0 Å². The number of para-hydroxylation sites is 1. The highest BCUT2D eigenvalue weighted by atomic mass is 16.5. The number of fused-ring (bicyclic) bond motifs is 1. The Hall–Kier alpha value is -1.48. The molecule has 3 nitrogen and oxygen atoms in total. The van der Waals surface area contributed by atoms with Gasteiger partial charge in [-0.1, -0.05) is 32.4 Å². The highest BCUT2D eigenvalue weighted by Gasteiger charge is 2.22. The van der Waals surface area contributed by atoms with Gasteiger partial charge in [-0.15, -0.1) is 0 Å².